The van der Waals surface area contributed by atoms with Crippen LogP contribution < -0.4 is 7.38 Å². The summed E-state index contributed by atoms with van der Waals surface area (Å²) in [6.45, 7) is 0. The van der Waals surface area contributed by atoms with Crippen molar-refractivity contribution in [3.8, 4) is 0 Å². The second kappa shape index (κ2) is 10.6. The summed E-state index contributed by atoms with van der Waals surface area (Å²) in [4.78, 5) is 0. The molecule has 0 rings (SSSR count). The molecule has 0 aliphatic rings. The molecule has 0 aromatic rings. The third-order valence-electron chi connectivity index (χ3n) is 0. The minimum atomic E-state index is -4.08. The smallest absolute Gasteiger partial charge is 2.00 e. The van der Waals surface area contributed by atoms with Crippen molar-refractivity contribution in [2.45, 2.75) is 0 Å². The van der Waals surface area contributed by atoms with Gasteiger partial charge < -0.3 is 2.85 Å². The van der Waals surface area contributed by atoms with Gasteiger partial charge in [0.15, 0.2) is 0 Å². The first-order chi connectivity index (χ1) is 1.73. The molecular formula is H2BaO3TiZn. The van der Waals surface area contributed by atoms with E-state index in [9.17, 15) is 0 Å². The summed E-state index contributed by atoms with van der Waals surface area (Å²) in [5, 5.41) is 0. The first-order valence-corrected chi connectivity index (χ1v) is 2.52. The molecule has 0 aromatic heterocycles. The van der Waals surface area contributed by atoms with Crippen molar-refractivity contribution in [2.75, 3.05) is 0 Å². The van der Waals surface area contributed by atoms with E-state index >= 15 is 0 Å². The van der Waals surface area contributed by atoms with Crippen molar-refractivity contribution >= 4 is 48.9 Å². The van der Waals surface area contributed by atoms with Crippen LogP contribution in [0.2, 0.25) is 0 Å². The van der Waals surface area contributed by atoms with Crippen LogP contribution in [0.5, 0.6) is 0 Å². The fourth-order valence-corrected chi connectivity index (χ4v) is 0. The Hall–Kier alpha value is 2.63. The molecule has 0 amide bonds. The van der Waals surface area contributed by atoms with E-state index in [-0.39, 0.29) is 71.2 Å². The van der Waals surface area contributed by atoms with Crippen molar-refractivity contribution in [2.24, 2.45) is 0 Å². The SMILES string of the molecule is [Ba+2].[H-].[H-].[O]=[Ti]([O-])[O-].[Zn+2]. The topological polar surface area (TPSA) is 63.2 Å². The average molecular weight is 301 g/mol. The summed E-state index contributed by atoms with van der Waals surface area (Å²) in [6, 6.07) is 0. The largest absolute Gasteiger partial charge is 2.00 e. The maximum atomic E-state index is 8.58. The average Bonchev–Trinajstić information content (AvgIpc) is 0.811. The third-order valence-corrected chi connectivity index (χ3v) is 0. The molecule has 0 aliphatic heterocycles. The Kier molecular flexibility index (Phi) is 28.0. The van der Waals surface area contributed by atoms with Gasteiger partial charge in [-0.05, 0) is 0 Å². The van der Waals surface area contributed by atoms with Crippen LogP contribution >= 0.6 is 0 Å². The fourth-order valence-electron chi connectivity index (χ4n) is 0. The summed E-state index contributed by atoms with van der Waals surface area (Å²) in [6.07, 6.45) is 0. The zero-order valence-corrected chi connectivity index (χ0v) is 12.1. The molecule has 0 aliphatic carbocycles. The Morgan fingerprint density at radius 1 is 1.50 bits per heavy atom. The molecule has 6 heteroatoms. The quantitative estimate of drug-likeness (QED) is 0.459. The van der Waals surface area contributed by atoms with Crippen molar-refractivity contribution in [3.63, 3.8) is 0 Å². The molecule has 0 saturated heterocycles. The van der Waals surface area contributed by atoms with E-state index in [0.29, 0.717) is 0 Å². The van der Waals surface area contributed by atoms with E-state index in [1.54, 1.807) is 0 Å². The van der Waals surface area contributed by atoms with Crippen LogP contribution in [0.3, 0.4) is 0 Å². The molecule has 0 aromatic carbocycles. The molecule has 0 fully saturated rings. The van der Waals surface area contributed by atoms with E-state index in [4.69, 9.17) is 10.7 Å². The molecule has 0 saturated carbocycles. The summed E-state index contributed by atoms with van der Waals surface area (Å²) >= 11 is -4.08. The first-order valence-electron chi connectivity index (χ1n) is 0.612. The maximum Gasteiger partial charge on any atom is 2.00 e. The van der Waals surface area contributed by atoms with Crippen LogP contribution in [-0.2, 0) is 41.4 Å². The summed E-state index contributed by atoms with van der Waals surface area (Å²) in [5.41, 5.74) is 0. The number of hydrogen-bond donors (Lipinski definition) is 0. The van der Waals surface area contributed by atoms with Crippen LogP contribution in [0.1, 0.15) is 2.85 Å². The van der Waals surface area contributed by atoms with Gasteiger partial charge in [-0.2, -0.15) is 0 Å². The summed E-state index contributed by atoms with van der Waals surface area (Å²) in [7, 11) is 0. The predicted molar refractivity (Wildman–Crippen MR) is 8.66 cm³/mol. The van der Waals surface area contributed by atoms with Gasteiger partial charge in [-0.3, -0.25) is 0 Å². The Bertz CT molecular complexity index is 40.3. The molecule has 0 bridgehead atoms. The number of hydrogen-bond acceptors (Lipinski definition) is 3. The van der Waals surface area contributed by atoms with Crippen LogP contribution in [0.25, 0.3) is 0 Å². The third kappa shape index (κ3) is 30.4. The van der Waals surface area contributed by atoms with Crippen LogP contribution in [0.15, 0.2) is 0 Å². The van der Waals surface area contributed by atoms with E-state index < -0.39 is 18.6 Å². The monoisotopic (exact) mass is 300 g/mol. The van der Waals surface area contributed by atoms with Crippen LogP contribution in [-0.4, -0.2) is 48.9 Å². The maximum absolute atomic E-state index is 8.58. The van der Waals surface area contributed by atoms with Gasteiger partial charge >= 0.3 is 97.7 Å². The molecule has 0 spiro atoms. The minimum Gasteiger partial charge on any atom is 2.00 e. The molecule has 0 radical (unpaired) electrons. The Labute approximate surface area is 98.4 Å². The van der Waals surface area contributed by atoms with Crippen LogP contribution in [0, 0.1) is 0 Å². The van der Waals surface area contributed by atoms with Crippen molar-refractivity contribution in [1.82, 2.24) is 0 Å². The second-order valence-electron chi connectivity index (χ2n) is 0.250. The Morgan fingerprint density at radius 2 is 1.50 bits per heavy atom. The normalized spacial score (nSPS) is 4.33. The zero-order chi connectivity index (χ0) is 3.58. The molecule has 0 N–H and O–H groups in total. The predicted octanol–water partition coefficient (Wildman–Crippen LogP) is -2.66. The van der Waals surface area contributed by atoms with Crippen molar-refractivity contribution in [1.29, 1.82) is 0 Å². The van der Waals surface area contributed by atoms with E-state index in [1.807, 2.05) is 0 Å². The summed E-state index contributed by atoms with van der Waals surface area (Å²) < 4.78 is 25.8. The van der Waals surface area contributed by atoms with Gasteiger partial charge in [-0.15, -0.1) is 0 Å². The summed E-state index contributed by atoms with van der Waals surface area (Å²) in [5.74, 6) is 0. The van der Waals surface area contributed by atoms with Gasteiger partial charge in [0.1, 0.15) is 0 Å². The fraction of sp³-hybridized carbons (Fsp3) is 0. The standard InChI is InChI=1S/Ba.3O.Ti.Zn.2H/q+2;;2*-1;;+2;2*-1. The zero-order valence-electron chi connectivity index (χ0n) is 5.14. The molecule has 6 heavy (non-hydrogen) atoms. The van der Waals surface area contributed by atoms with Crippen molar-refractivity contribution < 1.29 is 51.6 Å². The molecule has 0 heterocycles. The Morgan fingerprint density at radius 3 is 1.50 bits per heavy atom. The van der Waals surface area contributed by atoms with Gasteiger partial charge in [-0.1, -0.05) is 0 Å². The molecule has 3 nitrogen and oxygen atoms in total. The number of rotatable bonds is 0. The molecule has 28 valence electrons. The molecular weight excluding hydrogens is 299 g/mol. The second-order valence-corrected chi connectivity index (χ2v) is 1.03. The van der Waals surface area contributed by atoms with Gasteiger partial charge in [-0.25, -0.2) is 0 Å². The van der Waals surface area contributed by atoms with Gasteiger partial charge in [0.2, 0.25) is 0 Å². The van der Waals surface area contributed by atoms with E-state index in [2.05, 4.69) is 0 Å². The van der Waals surface area contributed by atoms with E-state index in [0.717, 1.165) is 0 Å². The van der Waals surface area contributed by atoms with Crippen molar-refractivity contribution in [3.05, 3.63) is 0 Å². The molecule has 0 unspecified atom stereocenters. The Balaban J connectivity index is -0.00000000750. The van der Waals surface area contributed by atoms with Crippen LogP contribution in [0.4, 0.5) is 0 Å². The van der Waals surface area contributed by atoms with Gasteiger partial charge in [0.25, 0.3) is 0 Å². The van der Waals surface area contributed by atoms with Gasteiger partial charge in [0, 0.05) is 0 Å². The minimum absolute atomic E-state index is 0. The first kappa shape index (κ1) is 15.9. The molecule has 0 atom stereocenters. The van der Waals surface area contributed by atoms with E-state index in [1.165, 1.54) is 0 Å². The van der Waals surface area contributed by atoms with Gasteiger partial charge in [0.05, 0.1) is 0 Å².